The standard InChI is InChI=1S/C21H26F2N2O4.C21H26N2O5/c22-21(23)9-6-18-17(12-21)25(19(26)14-28-18)16-7-10-24(11-8-16)20(27)29-13-15-4-2-1-3-5-15;24-17-6-7-19-18(12-17)23(20(25)14-27-19)16-8-10-22(11-9-16)21(26)28-13-15-4-2-1-3-5-15/h1-5,16-18H,6-14H2;1-5,16,18-19H,6-14H2/t17-,18-;18-,19-/m00/s1. The number of alkyl halides is 2. The van der Waals surface area contributed by atoms with Crippen LogP contribution in [0, 0.1) is 0 Å². The molecule has 6 fully saturated rings. The summed E-state index contributed by atoms with van der Waals surface area (Å²) in [6.07, 6.45) is 2.79. The van der Waals surface area contributed by atoms with E-state index in [1.807, 2.05) is 65.6 Å². The van der Waals surface area contributed by atoms with Gasteiger partial charge < -0.3 is 38.5 Å². The molecule has 57 heavy (non-hydrogen) atoms. The van der Waals surface area contributed by atoms with Gasteiger partial charge in [0.2, 0.25) is 17.7 Å². The molecule has 4 amide bonds. The van der Waals surface area contributed by atoms with E-state index in [1.54, 1.807) is 14.7 Å². The lowest BCUT2D eigenvalue weighted by molar-refractivity contribution is -0.183. The van der Waals surface area contributed by atoms with E-state index in [-0.39, 0.29) is 106 Å². The third-order valence-corrected chi connectivity index (χ3v) is 12.1. The van der Waals surface area contributed by atoms with Crippen molar-refractivity contribution >= 4 is 29.8 Å². The molecule has 13 nitrogen and oxygen atoms in total. The molecule has 4 heterocycles. The molecule has 15 heteroatoms. The van der Waals surface area contributed by atoms with E-state index in [4.69, 9.17) is 18.9 Å². The van der Waals surface area contributed by atoms with Gasteiger partial charge >= 0.3 is 12.2 Å². The van der Waals surface area contributed by atoms with Gasteiger partial charge in [0.15, 0.2) is 0 Å². The predicted octanol–water partition coefficient (Wildman–Crippen LogP) is 5.34. The van der Waals surface area contributed by atoms with Crippen LogP contribution in [0.4, 0.5) is 18.4 Å². The summed E-state index contributed by atoms with van der Waals surface area (Å²) in [5, 5.41) is 0. The normalized spacial score (nSPS) is 26.8. The molecule has 0 N–H and O–H groups in total. The van der Waals surface area contributed by atoms with Crippen LogP contribution in [0.25, 0.3) is 0 Å². The van der Waals surface area contributed by atoms with E-state index in [2.05, 4.69) is 0 Å². The number of fused-ring (bicyclic) bond motifs is 2. The van der Waals surface area contributed by atoms with E-state index in [9.17, 15) is 32.8 Å². The molecule has 2 aliphatic carbocycles. The van der Waals surface area contributed by atoms with Crippen LogP contribution in [0.1, 0.15) is 75.3 Å². The highest BCUT2D eigenvalue weighted by Gasteiger charge is 2.50. The zero-order valence-electron chi connectivity index (χ0n) is 32.2. The van der Waals surface area contributed by atoms with E-state index in [0.29, 0.717) is 71.1 Å². The molecule has 0 bridgehead atoms. The minimum atomic E-state index is -2.76. The van der Waals surface area contributed by atoms with Gasteiger partial charge in [-0.25, -0.2) is 18.4 Å². The summed E-state index contributed by atoms with van der Waals surface area (Å²) in [5.74, 6) is -2.83. The molecule has 4 aliphatic heterocycles. The van der Waals surface area contributed by atoms with Crippen LogP contribution in [0.5, 0.6) is 0 Å². The third kappa shape index (κ3) is 10.1. The van der Waals surface area contributed by atoms with Crippen LogP contribution in [0.2, 0.25) is 0 Å². The van der Waals surface area contributed by atoms with Crippen molar-refractivity contribution in [2.45, 2.75) is 120 Å². The maximum atomic E-state index is 14.0. The second kappa shape index (κ2) is 18.3. The molecular weight excluding hydrogens is 742 g/mol. The number of ketones is 1. The zero-order valence-corrected chi connectivity index (χ0v) is 32.2. The number of rotatable bonds is 6. The minimum Gasteiger partial charge on any atom is -0.445 e. The van der Waals surface area contributed by atoms with Crippen molar-refractivity contribution in [1.29, 1.82) is 0 Å². The first kappa shape index (κ1) is 40.6. The third-order valence-electron chi connectivity index (χ3n) is 12.1. The second-order valence-corrected chi connectivity index (χ2v) is 15.8. The zero-order chi connectivity index (χ0) is 39.9. The van der Waals surface area contributed by atoms with Crippen molar-refractivity contribution in [1.82, 2.24) is 19.6 Å². The monoisotopic (exact) mass is 794 g/mol. The van der Waals surface area contributed by atoms with Crippen LogP contribution >= 0.6 is 0 Å². The minimum absolute atomic E-state index is 0.0377. The highest BCUT2D eigenvalue weighted by atomic mass is 19.3. The lowest BCUT2D eigenvalue weighted by atomic mass is 9.85. The molecule has 0 unspecified atom stereocenters. The number of morpholine rings is 2. The second-order valence-electron chi connectivity index (χ2n) is 15.8. The Morgan fingerprint density at radius 2 is 1.11 bits per heavy atom. The molecule has 2 aromatic rings. The molecule has 0 spiro atoms. The SMILES string of the molecule is O=C(OCc1ccccc1)N1CCC(N2C(=O)CO[C@H]3CCC(F)(F)C[C@@H]32)CC1.O=C1CC[C@@H]2OCC(=O)N(C3CCN(C(=O)OCc4ccccc4)CC3)[C@H]2C1. The van der Waals surface area contributed by atoms with E-state index in [1.165, 1.54) is 0 Å². The molecule has 0 radical (unpaired) electrons. The number of piperidine rings is 2. The number of Topliss-reactive ketones (excluding diaryl/α,β-unsaturated/α-hetero) is 1. The van der Waals surface area contributed by atoms with E-state index in [0.717, 1.165) is 11.1 Å². The number of benzene rings is 2. The average molecular weight is 795 g/mol. The summed E-state index contributed by atoms with van der Waals surface area (Å²) in [6.45, 7) is 2.49. The van der Waals surface area contributed by atoms with Crippen LogP contribution in [-0.2, 0) is 46.5 Å². The molecule has 4 saturated heterocycles. The first-order valence-electron chi connectivity index (χ1n) is 20.2. The van der Waals surface area contributed by atoms with Crippen molar-refractivity contribution in [2.75, 3.05) is 39.4 Å². The van der Waals surface area contributed by atoms with Gasteiger partial charge in [-0.1, -0.05) is 60.7 Å². The van der Waals surface area contributed by atoms with Crippen LogP contribution < -0.4 is 0 Å². The summed E-state index contributed by atoms with van der Waals surface area (Å²) in [6, 6.07) is 18.2. The number of ether oxygens (including phenoxy) is 4. The fourth-order valence-corrected chi connectivity index (χ4v) is 9.09. The number of halogens is 2. The average Bonchev–Trinajstić information content (AvgIpc) is 3.22. The molecule has 308 valence electrons. The number of nitrogens with zero attached hydrogens (tertiary/aromatic N) is 4. The summed E-state index contributed by atoms with van der Waals surface area (Å²) >= 11 is 0. The van der Waals surface area contributed by atoms with Gasteiger partial charge in [-0.05, 0) is 49.7 Å². The van der Waals surface area contributed by atoms with Gasteiger partial charge in [0, 0.05) is 63.9 Å². The van der Waals surface area contributed by atoms with Crippen molar-refractivity contribution in [3.8, 4) is 0 Å². The highest BCUT2D eigenvalue weighted by Crippen LogP contribution is 2.40. The van der Waals surface area contributed by atoms with Gasteiger partial charge in [0.05, 0.1) is 24.3 Å². The molecule has 6 aliphatic rings. The number of amides is 4. The van der Waals surface area contributed by atoms with Crippen molar-refractivity contribution in [2.24, 2.45) is 0 Å². The maximum absolute atomic E-state index is 14.0. The van der Waals surface area contributed by atoms with E-state index < -0.39 is 12.0 Å². The number of hydrogen-bond donors (Lipinski definition) is 0. The Bertz CT molecular complexity index is 1720. The first-order valence-corrected chi connectivity index (χ1v) is 20.2. The van der Waals surface area contributed by atoms with Gasteiger partial charge in [-0.3, -0.25) is 14.4 Å². The molecule has 8 rings (SSSR count). The smallest absolute Gasteiger partial charge is 0.410 e. The summed E-state index contributed by atoms with van der Waals surface area (Å²) in [5.41, 5.74) is 1.87. The Balaban J connectivity index is 0.000000174. The Kier molecular flexibility index (Phi) is 13.0. The van der Waals surface area contributed by atoms with Crippen LogP contribution in [0.3, 0.4) is 0 Å². The fourth-order valence-electron chi connectivity index (χ4n) is 9.09. The highest BCUT2D eigenvalue weighted by molar-refractivity contribution is 5.84. The summed E-state index contributed by atoms with van der Waals surface area (Å²) in [4.78, 5) is 68.4. The number of likely N-dealkylation sites (tertiary alicyclic amines) is 2. The first-order chi connectivity index (χ1) is 27.5. The van der Waals surface area contributed by atoms with Gasteiger partial charge in [0.1, 0.15) is 32.2 Å². The molecule has 2 saturated carbocycles. The molecule has 0 aromatic heterocycles. The number of hydrogen-bond acceptors (Lipinski definition) is 9. The maximum Gasteiger partial charge on any atom is 0.410 e. The van der Waals surface area contributed by atoms with Gasteiger partial charge in [-0.15, -0.1) is 0 Å². The largest absolute Gasteiger partial charge is 0.445 e. The predicted molar refractivity (Wildman–Crippen MR) is 201 cm³/mol. The Hall–Kier alpha value is -4.63. The Morgan fingerprint density at radius 3 is 1.60 bits per heavy atom. The Morgan fingerprint density at radius 1 is 0.649 bits per heavy atom. The summed E-state index contributed by atoms with van der Waals surface area (Å²) < 4.78 is 49.9. The number of carbonyl (C=O) groups is 5. The van der Waals surface area contributed by atoms with Gasteiger partial charge in [0.25, 0.3) is 0 Å². The van der Waals surface area contributed by atoms with Crippen molar-refractivity contribution in [3.05, 3.63) is 71.8 Å². The fraction of sp³-hybridized carbons (Fsp3) is 0.595. The summed E-state index contributed by atoms with van der Waals surface area (Å²) in [7, 11) is 0. The van der Waals surface area contributed by atoms with Crippen LogP contribution in [-0.4, -0.2) is 131 Å². The topological polar surface area (TPSA) is 135 Å². The van der Waals surface area contributed by atoms with Gasteiger partial charge in [-0.2, -0.15) is 0 Å². The lowest BCUT2D eigenvalue weighted by Gasteiger charge is -2.50. The van der Waals surface area contributed by atoms with E-state index >= 15 is 0 Å². The quantitative estimate of drug-likeness (QED) is 0.380. The molecule has 4 atom stereocenters. The van der Waals surface area contributed by atoms with Crippen LogP contribution in [0.15, 0.2) is 60.7 Å². The van der Waals surface area contributed by atoms with Crippen molar-refractivity contribution in [3.63, 3.8) is 0 Å². The van der Waals surface area contributed by atoms with Crippen molar-refractivity contribution < 1.29 is 51.7 Å². The molecule has 2 aromatic carbocycles. The molecular formula is C42H52F2N4O9. The lowest BCUT2D eigenvalue weighted by Crippen LogP contribution is -2.63. The Labute approximate surface area is 331 Å². The number of carbonyl (C=O) groups excluding carboxylic acids is 5.